The van der Waals surface area contributed by atoms with Gasteiger partial charge in [-0.15, -0.1) is 11.8 Å². The standard InChI is InChI=1S/C14H12ClF2NS/c15-11-6-7-13(12(18)8-11)19-9-14(16,17)10-4-2-1-3-5-10/h1-8H,9,18H2. The highest BCUT2D eigenvalue weighted by Crippen LogP contribution is 2.36. The smallest absolute Gasteiger partial charge is 0.282 e. The molecular formula is C14H12ClF2NS. The molecule has 0 radical (unpaired) electrons. The molecule has 0 amide bonds. The van der Waals surface area contributed by atoms with Crippen LogP contribution in [0.4, 0.5) is 14.5 Å². The molecule has 0 saturated carbocycles. The molecule has 0 aliphatic heterocycles. The highest BCUT2D eigenvalue weighted by atomic mass is 35.5. The number of thioether (sulfide) groups is 1. The van der Waals surface area contributed by atoms with Crippen molar-refractivity contribution in [3.8, 4) is 0 Å². The Morgan fingerprint density at radius 3 is 2.42 bits per heavy atom. The van der Waals surface area contributed by atoms with Gasteiger partial charge in [-0.1, -0.05) is 41.9 Å². The quantitative estimate of drug-likeness (QED) is 0.648. The van der Waals surface area contributed by atoms with Crippen LogP contribution in [0.3, 0.4) is 0 Å². The monoisotopic (exact) mass is 299 g/mol. The van der Waals surface area contributed by atoms with Crippen LogP contribution in [0.5, 0.6) is 0 Å². The number of benzene rings is 2. The lowest BCUT2D eigenvalue weighted by molar-refractivity contribution is 0.0232. The minimum absolute atomic E-state index is 0.00929. The van der Waals surface area contributed by atoms with Crippen molar-refractivity contribution in [2.24, 2.45) is 0 Å². The first-order valence-corrected chi connectivity index (χ1v) is 6.96. The van der Waals surface area contributed by atoms with Crippen molar-refractivity contribution in [2.45, 2.75) is 10.8 Å². The first-order chi connectivity index (χ1) is 8.99. The molecule has 0 aliphatic rings. The molecule has 5 heteroatoms. The van der Waals surface area contributed by atoms with Gasteiger partial charge in [-0.05, 0) is 18.2 Å². The second-order valence-electron chi connectivity index (χ2n) is 4.04. The molecule has 0 spiro atoms. The van der Waals surface area contributed by atoms with E-state index in [-0.39, 0.29) is 11.3 Å². The summed E-state index contributed by atoms with van der Waals surface area (Å²) in [6.45, 7) is 0. The molecule has 0 aliphatic carbocycles. The number of hydrogen-bond acceptors (Lipinski definition) is 2. The van der Waals surface area contributed by atoms with Crippen molar-refractivity contribution in [1.29, 1.82) is 0 Å². The van der Waals surface area contributed by atoms with Crippen LogP contribution < -0.4 is 5.73 Å². The Balaban J connectivity index is 2.09. The van der Waals surface area contributed by atoms with E-state index in [1.165, 1.54) is 12.1 Å². The molecule has 0 aromatic heterocycles. The fourth-order valence-corrected chi connectivity index (χ4v) is 2.66. The fraction of sp³-hybridized carbons (Fsp3) is 0.143. The van der Waals surface area contributed by atoms with Crippen LogP contribution in [-0.2, 0) is 5.92 Å². The molecule has 1 nitrogen and oxygen atoms in total. The van der Waals surface area contributed by atoms with Gasteiger partial charge >= 0.3 is 0 Å². The van der Waals surface area contributed by atoms with Crippen LogP contribution >= 0.6 is 23.4 Å². The summed E-state index contributed by atoms with van der Waals surface area (Å²) >= 11 is 6.79. The maximum atomic E-state index is 14.0. The average Bonchev–Trinajstić information content (AvgIpc) is 2.39. The van der Waals surface area contributed by atoms with Crippen molar-refractivity contribution >= 4 is 29.1 Å². The summed E-state index contributed by atoms with van der Waals surface area (Å²) in [6, 6.07) is 12.6. The number of rotatable bonds is 4. The minimum Gasteiger partial charge on any atom is -0.398 e. The van der Waals surface area contributed by atoms with Gasteiger partial charge in [-0.3, -0.25) is 0 Å². The summed E-state index contributed by atoms with van der Waals surface area (Å²) in [5.41, 5.74) is 6.17. The molecule has 2 rings (SSSR count). The minimum atomic E-state index is -2.89. The van der Waals surface area contributed by atoms with Gasteiger partial charge < -0.3 is 5.73 Å². The van der Waals surface area contributed by atoms with Crippen LogP contribution in [0.15, 0.2) is 53.4 Å². The van der Waals surface area contributed by atoms with Crippen LogP contribution in [-0.4, -0.2) is 5.75 Å². The molecule has 2 aromatic rings. The van der Waals surface area contributed by atoms with E-state index in [4.69, 9.17) is 17.3 Å². The molecule has 2 N–H and O–H groups in total. The zero-order valence-electron chi connectivity index (χ0n) is 9.95. The molecule has 19 heavy (non-hydrogen) atoms. The van der Waals surface area contributed by atoms with Gasteiger partial charge in [-0.25, -0.2) is 8.78 Å². The summed E-state index contributed by atoms with van der Waals surface area (Å²) in [5.74, 6) is -3.25. The predicted octanol–water partition coefficient (Wildman–Crippen LogP) is 4.81. The molecule has 100 valence electrons. The van der Waals surface area contributed by atoms with Gasteiger partial charge in [0.05, 0.1) is 5.75 Å². The molecule has 0 atom stereocenters. The lowest BCUT2D eigenvalue weighted by Crippen LogP contribution is -2.16. The van der Waals surface area contributed by atoms with Gasteiger partial charge in [0.15, 0.2) is 0 Å². The third kappa shape index (κ3) is 3.61. The molecule has 0 fully saturated rings. The molecule has 0 bridgehead atoms. The molecule has 0 heterocycles. The summed E-state index contributed by atoms with van der Waals surface area (Å²) < 4.78 is 27.9. The fourth-order valence-electron chi connectivity index (χ4n) is 1.58. The Morgan fingerprint density at radius 2 is 1.79 bits per heavy atom. The topological polar surface area (TPSA) is 26.0 Å². The van der Waals surface area contributed by atoms with Gasteiger partial charge in [-0.2, -0.15) is 0 Å². The van der Waals surface area contributed by atoms with Crippen molar-refractivity contribution < 1.29 is 8.78 Å². The highest BCUT2D eigenvalue weighted by Gasteiger charge is 2.31. The number of halogens is 3. The van der Waals surface area contributed by atoms with E-state index in [1.807, 2.05) is 0 Å². The normalized spacial score (nSPS) is 11.5. The van der Waals surface area contributed by atoms with E-state index in [0.29, 0.717) is 15.6 Å². The zero-order chi connectivity index (χ0) is 13.9. The average molecular weight is 300 g/mol. The highest BCUT2D eigenvalue weighted by molar-refractivity contribution is 7.99. The Kier molecular flexibility index (Phi) is 4.32. The Bertz CT molecular complexity index is 561. The Labute approximate surface area is 119 Å². The van der Waals surface area contributed by atoms with Crippen LogP contribution in [0.2, 0.25) is 5.02 Å². The van der Waals surface area contributed by atoms with Crippen molar-refractivity contribution in [2.75, 3.05) is 11.5 Å². The second kappa shape index (κ2) is 5.80. The maximum Gasteiger partial charge on any atom is 0.282 e. The number of anilines is 1. The predicted molar refractivity (Wildman–Crippen MR) is 76.9 cm³/mol. The van der Waals surface area contributed by atoms with Crippen LogP contribution in [0, 0.1) is 0 Å². The number of nitrogen functional groups attached to an aromatic ring is 1. The summed E-state index contributed by atoms with van der Waals surface area (Å²) in [7, 11) is 0. The number of hydrogen-bond donors (Lipinski definition) is 1. The summed E-state index contributed by atoms with van der Waals surface area (Å²) in [6.07, 6.45) is 0. The maximum absolute atomic E-state index is 14.0. The van der Waals surface area contributed by atoms with Crippen LogP contribution in [0.25, 0.3) is 0 Å². The second-order valence-corrected chi connectivity index (χ2v) is 5.49. The van der Waals surface area contributed by atoms with Crippen molar-refractivity contribution in [3.63, 3.8) is 0 Å². The first kappa shape index (κ1) is 14.2. The Hall–Kier alpha value is -1.26. The lowest BCUT2D eigenvalue weighted by atomic mass is 10.1. The number of nitrogens with two attached hydrogens (primary N) is 1. The van der Waals surface area contributed by atoms with Crippen LogP contribution in [0.1, 0.15) is 5.56 Å². The first-order valence-electron chi connectivity index (χ1n) is 5.60. The van der Waals surface area contributed by atoms with E-state index in [1.54, 1.807) is 36.4 Å². The number of alkyl halides is 2. The molecule has 0 saturated heterocycles. The Morgan fingerprint density at radius 1 is 1.11 bits per heavy atom. The third-order valence-electron chi connectivity index (χ3n) is 2.58. The lowest BCUT2D eigenvalue weighted by Gasteiger charge is -2.16. The van der Waals surface area contributed by atoms with Crippen molar-refractivity contribution in [1.82, 2.24) is 0 Å². The zero-order valence-corrected chi connectivity index (χ0v) is 11.5. The van der Waals surface area contributed by atoms with Gasteiger partial charge in [0.1, 0.15) is 0 Å². The van der Waals surface area contributed by atoms with E-state index in [2.05, 4.69) is 0 Å². The summed E-state index contributed by atoms with van der Waals surface area (Å²) in [4.78, 5) is 0.611. The van der Waals surface area contributed by atoms with Gasteiger partial charge in [0, 0.05) is 21.2 Å². The van der Waals surface area contributed by atoms with E-state index in [0.717, 1.165) is 11.8 Å². The van der Waals surface area contributed by atoms with E-state index in [9.17, 15) is 8.78 Å². The van der Waals surface area contributed by atoms with E-state index >= 15 is 0 Å². The van der Waals surface area contributed by atoms with Gasteiger partial charge in [0.2, 0.25) is 0 Å². The van der Waals surface area contributed by atoms with Gasteiger partial charge in [0.25, 0.3) is 5.92 Å². The SMILES string of the molecule is Nc1cc(Cl)ccc1SCC(F)(F)c1ccccc1. The molecule has 2 aromatic carbocycles. The largest absolute Gasteiger partial charge is 0.398 e. The van der Waals surface area contributed by atoms with Crippen molar-refractivity contribution in [3.05, 3.63) is 59.1 Å². The summed E-state index contributed by atoms with van der Waals surface area (Å²) in [5, 5.41) is 0.497. The van der Waals surface area contributed by atoms with E-state index < -0.39 is 5.92 Å². The molecule has 0 unspecified atom stereocenters. The third-order valence-corrected chi connectivity index (χ3v) is 4.00. The molecular weight excluding hydrogens is 288 g/mol.